The number of hydrogen-bond acceptors (Lipinski definition) is 3. The van der Waals surface area contributed by atoms with E-state index in [4.69, 9.17) is 4.74 Å². The monoisotopic (exact) mass is 220 g/mol. The van der Waals surface area contributed by atoms with Crippen molar-refractivity contribution >= 4 is 11.3 Å². The first-order valence-electron chi connectivity index (χ1n) is 4.65. The van der Waals surface area contributed by atoms with Crippen LogP contribution in [0.3, 0.4) is 0 Å². The number of benzene rings is 1. The van der Waals surface area contributed by atoms with Crippen molar-refractivity contribution < 1.29 is 9.84 Å². The highest BCUT2D eigenvalue weighted by molar-refractivity contribution is 7.07. The fraction of sp³-hybridized carbons (Fsp3) is 0.167. The molecule has 1 heterocycles. The van der Waals surface area contributed by atoms with Gasteiger partial charge >= 0.3 is 0 Å². The first-order valence-corrected chi connectivity index (χ1v) is 5.59. The molecule has 1 aromatic carbocycles. The molecule has 0 aliphatic rings. The van der Waals surface area contributed by atoms with Crippen LogP contribution < -0.4 is 4.74 Å². The molecule has 0 bridgehead atoms. The molecule has 2 rings (SSSR count). The standard InChI is InChI=1S/C12H12O2S/c1-14-11-4-2-9(3-5-11)12(13)10-6-7-15-8-10/h2-8,12-13H,1H3. The summed E-state index contributed by atoms with van der Waals surface area (Å²) < 4.78 is 5.06. The molecule has 3 heteroatoms. The van der Waals surface area contributed by atoms with E-state index in [2.05, 4.69) is 0 Å². The van der Waals surface area contributed by atoms with Gasteiger partial charge in [0.1, 0.15) is 11.9 Å². The van der Waals surface area contributed by atoms with Crippen molar-refractivity contribution in [1.29, 1.82) is 0 Å². The van der Waals surface area contributed by atoms with Gasteiger partial charge in [-0.05, 0) is 40.1 Å². The number of thiophene rings is 1. The summed E-state index contributed by atoms with van der Waals surface area (Å²) in [7, 11) is 1.63. The summed E-state index contributed by atoms with van der Waals surface area (Å²) in [6.07, 6.45) is -0.540. The minimum Gasteiger partial charge on any atom is -0.497 e. The molecule has 0 saturated heterocycles. The Hall–Kier alpha value is -1.32. The van der Waals surface area contributed by atoms with Crippen LogP contribution in [0.5, 0.6) is 5.75 Å². The minimum atomic E-state index is -0.540. The van der Waals surface area contributed by atoms with Crippen LogP contribution in [0.25, 0.3) is 0 Å². The van der Waals surface area contributed by atoms with Gasteiger partial charge in [-0.2, -0.15) is 11.3 Å². The van der Waals surface area contributed by atoms with Gasteiger partial charge in [-0.1, -0.05) is 12.1 Å². The maximum absolute atomic E-state index is 10.0. The molecule has 0 aliphatic heterocycles. The van der Waals surface area contributed by atoms with E-state index in [1.807, 2.05) is 41.1 Å². The van der Waals surface area contributed by atoms with Gasteiger partial charge in [0.2, 0.25) is 0 Å². The lowest BCUT2D eigenvalue weighted by atomic mass is 10.0. The second kappa shape index (κ2) is 4.47. The van der Waals surface area contributed by atoms with Crippen molar-refractivity contribution in [3.63, 3.8) is 0 Å². The smallest absolute Gasteiger partial charge is 0.118 e. The average Bonchev–Trinajstić information content (AvgIpc) is 2.82. The molecular formula is C12H12O2S. The number of ether oxygens (including phenoxy) is 1. The zero-order valence-corrected chi connectivity index (χ0v) is 9.20. The molecule has 0 amide bonds. The van der Waals surface area contributed by atoms with Crippen LogP contribution in [0.1, 0.15) is 17.2 Å². The van der Waals surface area contributed by atoms with Crippen LogP contribution in [-0.4, -0.2) is 12.2 Å². The van der Waals surface area contributed by atoms with E-state index in [1.165, 1.54) is 0 Å². The second-order valence-electron chi connectivity index (χ2n) is 3.23. The van der Waals surface area contributed by atoms with Crippen LogP contribution in [-0.2, 0) is 0 Å². The first kappa shape index (κ1) is 10.2. The molecule has 2 nitrogen and oxygen atoms in total. The number of methoxy groups -OCH3 is 1. The summed E-state index contributed by atoms with van der Waals surface area (Å²) in [5, 5.41) is 13.9. The molecule has 15 heavy (non-hydrogen) atoms. The molecule has 0 radical (unpaired) electrons. The fourth-order valence-electron chi connectivity index (χ4n) is 1.41. The summed E-state index contributed by atoms with van der Waals surface area (Å²) in [6.45, 7) is 0. The van der Waals surface area contributed by atoms with Gasteiger partial charge in [0.25, 0.3) is 0 Å². The molecule has 1 unspecified atom stereocenters. The quantitative estimate of drug-likeness (QED) is 0.861. The van der Waals surface area contributed by atoms with Crippen molar-refractivity contribution in [2.75, 3.05) is 7.11 Å². The van der Waals surface area contributed by atoms with Gasteiger partial charge in [0, 0.05) is 0 Å². The Morgan fingerprint density at radius 3 is 2.40 bits per heavy atom. The molecule has 0 fully saturated rings. The summed E-state index contributed by atoms with van der Waals surface area (Å²) in [6, 6.07) is 9.39. The van der Waals surface area contributed by atoms with Crippen molar-refractivity contribution in [2.45, 2.75) is 6.10 Å². The lowest BCUT2D eigenvalue weighted by Gasteiger charge is -2.09. The van der Waals surface area contributed by atoms with Crippen LogP contribution in [0.15, 0.2) is 41.1 Å². The zero-order valence-electron chi connectivity index (χ0n) is 8.38. The highest BCUT2D eigenvalue weighted by atomic mass is 32.1. The van der Waals surface area contributed by atoms with Gasteiger partial charge in [-0.3, -0.25) is 0 Å². The average molecular weight is 220 g/mol. The van der Waals surface area contributed by atoms with E-state index in [-0.39, 0.29) is 0 Å². The molecule has 1 N–H and O–H groups in total. The van der Waals surface area contributed by atoms with Gasteiger partial charge < -0.3 is 9.84 Å². The molecule has 0 spiro atoms. The Bertz CT molecular complexity index is 406. The molecule has 0 saturated carbocycles. The van der Waals surface area contributed by atoms with Gasteiger partial charge in [0.05, 0.1) is 7.11 Å². The van der Waals surface area contributed by atoms with E-state index in [9.17, 15) is 5.11 Å². The van der Waals surface area contributed by atoms with E-state index < -0.39 is 6.10 Å². The van der Waals surface area contributed by atoms with Crippen LogP contribution in [0.2, 0.25) is 0 Å². The predicted molar refractivity (Wildman–Crippen MR) is 61.4 cm³/mol. The molecule has 1 aromatic heterocycles. The van der Waals surface area contributed by atoms with Gasteiger partial charge in [-0.15, -0.1) is 0 Å². The Kier molecular flexibility index (Phi) is 3.04. The summed E-state index contributed by atoms with van der Waals surface area (Å²) in [4.78, 5) is 0. The molecule has 2 aromatic rings. The van der Waals surface area contributed by atoms with E-state index >= 15 is 0 Å². The topological polar surface area (TPSA) is 29.5 Å². The van der Waals surface area contributed by atoms with Crippen LogP contribution in [0, 0.1) is 0 Å². The SMILES string of the molecule is COc1ccc(C(O)c2ccsc2)cc1. The highest BCUT2D eigenvalue weighted by Crippen LogP contribution is 2.25. The van der Waals surface area contributed by atoms with Crippen molar-refractivity contribution in [1.82, 2.24) is 0 Å². The number of aliphatic hydroxyl groups is 1. The number of rotatable bonds is 3. The zero-order chi connectivity index (χ0) is 10.7. The summed E-state index contributed by atoms with van der Waals surface area (Å²) in [5.41, 5.74) is 1.82. The predicted octanol–water partition coefficient (Wildman–Crippen LogP) is 2.84. The van der Waals surface area contributed by atoms with Gasteiger partial charge in [-0.25, -0.2) is 0 Å². The Balaban J connectivity index is 2.22. The third kappa shape index (κ3) is 2.19. The van der Waals surface area contributed by atoms with Gasteiger partial charge in [0.15, 0.2) is 0 Å². The minimum absolute atomic E-state index is 0.540. The van der Waals surface area contributed by atoms with E-state index in [0.29, 0.717) is 0 Å². The maximum Gasteiger partial charge on any atom is 0.118 e. The second-order valence-corrected chi connectivity index (χ2v) is 4.01. The molecule has 78 valence electrons. The molecular weight excluding hydrogens is 208 g/mol. The lowest BCUT2D eigenvalue weighted by molar-refractivity contribution is 0.220. The Labute approximate surface area is 92.8 Å². The van der Waals surface area contributed by atoms with Crippen molar-refractivity contribution in [3.8, 4) is 5.75 Å². The fourth-order valence-corrected chi connectivity index (χ4v) is 2.09. The number of hydrogen-bond donors (Lipinski definition) is 1. The Morgan fingerprint density at radius 2 is 1.87 bits per heavy atom. The number of aliphatic hydroxyl groups excluding tert-OH is 1. The third-order valence-electron chi connectivity index (χ3n) is 2.29. The van der Waals surface area contributed by atoms with E-state index in [0.717, 1.165) is 16.9 Å². The van der Waals surface area contributed by atoms with Crippen molar-refractivity contribution in [2.24, 2.45) is 0 Å². The molecule has 1 atom stereocenters. The highest BCUT2D eigenvalue weighted by Gasteiger charge is 2.10. The lowest BCUT2D eigenvalue weighted by Crippen LogP contribution is -1.97. The summed E-state index contributed by atoms with van der Waals surface area (Å²) >= 11 is 1.59. The van der Waals surface area contributed by atoms with E-state index in [1.54, 1.807) is 18.4 Å². The maximum atomic E-state index is 10.0. The largest absolute Gasteiger partial charge is 0.497 e. The Morgan fingerprint density at radius 1 is 1.13 bits per heavy atom. The molecule has 0 aliphatic carbocycles. The van der Waals surface area contributed by atoms with Crippen molar-refractivity contribution in [3.05, 3.63) is 52.2 Å². The summed E-state index contributed by atoms with van der Waals surface area (Å²) in [5.74, 6) is 0.802. The van der Waals surface area contributed by atoms with Crippen LogP contribution in [0.4, 0.5) is 0 Å². The van der Waals surface area contributed by atoms with Crippen LogP contribution >= 0.6 is 11.3 Å². The first-order chi connectivity index (χ1) is 7.31. The third-order valence-corrected chi connectivity index (χ3v) is 2.99. The normalized spacial score (nSPS) is 12.4.